The van der Waals surface area contributed by atoms with Crippen molar-refractivity contribution in [3.05, 3.63) is 18.1 Å². The van der Waals surface area contributed by atoms with E-state index in [-0.39, 0.29) is 5.82 Å². The number of aromatic nitrogens is 2. The molecule has 4 nitrogen and oxygen atoms in total. The maximum absolute atomic E-state index is 10.4. The van der Waals surface area contributed by atoms with Gasteiger partial charge in [0.25, 0.3) is 0 Å². The molecule has 1 aromatic heterocycles. The van der Waals surface area contributed by atoms with Crippen molar-refractivity contribution < 1.29 is 4.79 Å². The number of rotatable bonds is 4. The van der Waals surface area contributed by atoms with Crippen LogP contribution in [-0.4, -0.2) is 29.3 Å². The first-order valence-corrected chi connectivity index (χ1v) is 4.35. The fraction of sp³-hybridized carbons (Fsp3) is 0.444. The first-order chi connectivity index (χ1) is 6.31. The molecule has 0 aliphatic heterocycles. The number of hydrogen-bond donors (Lipinski definition) is 0. The number of carbonyl (C=O) groups excluding carboxylic acids is 1. The molecule has 0 fully saturated rings. The predicted octanol–water partition coefficient (Wildman–Crippen LogP) is 1.14. The lowest BCUT2D eigenvalue weighted by Crippen LogP contribution is -2.23. The van der Waals surface area contributed by atoms with Crippen molar-refractivity contribution in [2.24, 2.45) is 0 Å². The van der Waals surface area contributed by atoms with E-state index in [1.54, 1.807) is 12.3 Å². The fourth-order valence-corrected chi connectivity index (χ4v) is 1.14. The summed E-state index contributed by atoms with van der Waals surface area (Å²) in [6.45, 7) is 5.86. The molecule has 0 aromatic carbocycles. The molecule has 0 aliphatic carbocycles. The molecule has 0 saturated carbocycles. The Hall–Kier alpha value is -1.45. The molecule has 0 saturated heterocycles. The summed E-state index contributed by atoms with van der Waals surface area (Å²) in [5.41, 5.74) is 0. The van der Waals surface area contributed by atoms with Gasteiger partial charge in [-0.1, -0.05) is 0 Å². The molecule has 70 valence electrons. The molecular weight excluding hydrogens is 166 g/mol. The summed E-state index contributed by atoms with van der Waals surface area (Å²) < 4.78 is 0. The van der Waals surface area contributed by atoms with Crippen molar-refractivity contribution in [3.63, 3.8) is 0 Å². The molecule has 0 N–H and O–H groups in total. The van der Waals surface area contributed by atoms with Gasteiger partial charge in [-0.25, -0.2) is 9.97 Å². The highest BCUT2D eigenvalue weighted by atomic mass is 16.1. The fourth-order valence-electron chi connectivity index (χ4n) is 1.14. The normalized spacial score (nSPS) is 9.69. The van der Waals surface area contributed by atoms with Crippen LogP contribution in [0.5, 0.6) is 0 Å². The first-order valence-electron chi connectivity index (χ1n) is 4.35. The van der Waals surface area contributed by atoms with Crippen LogP contribution in [0.2, 0.25) is 0 Å². The molecule has 1 aromatic rings. The van der Waals surface area contributed by atoms with Gasteiger partial charge in [0.2, 0.25) is 0 Å². The van der Waals surface area contributed by atoms with E-state index < -0.39 is 0 Å². The highest BCUT2D eigenvalue weighted by Crippen LogP contribution is 2.07. The summed E-state index contributed by atoms with van der Waals surface area (Å²) in [5, 5.41) is 0. The second kappa shape index (κ2) is 4.54. The molecule has 0 atom stereocenters. The summed E-state index contributed by atoms with van der Waals surface area (Å²) in [5.74, 6) is 1.05. The predicted molar refractivity (Wildman–Crippen MR) is 51.0 cm³/mol. The molecule has 4 heteroatoms. The Labute approximate surface area is 77.6 Å². The Morgan fingerprint density at radius 1 is 1.46 bits per heavy atom. The number of aldehydes is 1. The number of hydrogen-bond acceptors (Lipinski definition) is 4. The second-order valence-corrected chi connectivity index (χ2v) is 2.56. The molecule has 1 heterocycles. The molecule has 0 unspecified atom stereocenters. The smallest absolute Gasteiger partial charge is 0.194 e. The minimum absolute atomic E-state index is 0.240. The largest absolute Gasteiger partial charge is 0.357 e. The van der Waals surface area contributed by atoms with Crippen LogP contribution in [0.4, 0.5) is 5.82 Å². The molecule has 0 amide bonds. The topological polar surface area (TPSA) is 46.1 Å². The van der Waals surface area contributed by atoms with Crippen LogP contribution in [0.3, 0.4) is 0 Å². The van der Waals surface area contributed by atoms with E-state index in [1.807, 2.05) is 13.8 Å². The molecule has 0 radical (unpaired) electrons. The SMILES string of the molecule is CCN(CC)c1ccnc(C=O)n1. The first kappa shape index (κ1) is 9.64. The van der Waals surface area contributed by atoms with Crippen molar-refractivity contribution in [2.45, 2.75) is 13.8 Å². The summed E-state index contributed by atoms with van der Waals surface area (Å²) in [4.78, 5) is 20.4. The molecule has 13 heavy (non-hydrogen) atoms. The van der Waals surface area contributed by atoms with Gasteiger partial charge >= 0.3 is 0 Å². The van der Waals surface area contributed by atoms with E-state index >= 15 is 0 Å². The summed E-state index contributed by atoms with van der Waals surface area (Å²) >= 11 is 0. The van der Waals surface area contributed by atoms with E-state index in [0.29, 0.717) is 6.29 Å². The standard InChI is InChI=1S/C9H13N3O/c1-3-12(4-2)9-5-6-10-8(7-13)11-9/h5-7H,3-4H2,1-2H3. The average Bonchev–Trinajstić information content (AvgIpc) is 2.20. The van der Waals surface area contributed by atoms with E-state index in [1.165, 1.54) is 0 Å². The quantitative estimate of drug-likeness (QED) is 0.650. The third-order valence-electron chi connectivity index (χ3n) is 1.85. The third kappa shape index (κ3) is 2.24. The van der Waals surface area contributed by atoms with Gasteiger partial charge < -0.3 is 4.90 Å². The number of anilines is 1. The van der Waals surface area contributed by atoms with Gasteiger partial charge in [0, 0.05) is 19.3 Å². The van der Waals surface area contributed by atoms with Gasteiger partial charge in [-0.3, -0.25) is 4.79 Å². The Bertz CT molecular complexity index is 284. The van der Waals surface area contributed by atoms with Crippen LogP contribution in [0.25, 0.3) is 0 Å². The molecule has 0 aliphatic rings. The van der Waals surface area contributed by atoms with Crippen molar-refractivity contribution >= 4 is 12.1 Å². The molecule has 0 bridgehead atoms. The maximum Gasteiger partial charge on any atom is 0.194 e. The van der Waals surface area contributed by atoms with E-state index in [0.717, 1.165) is 18.9 Å². The van der Waals surface area contributed by atoms with Crippen molar-refractivity contribution in [3.8, 4) is 0 Å². The van der Waals surface area contributed by atoms with Crippen molar-refractivity contribution in [1.29, 1.82) is 0 Å². The van der Waals surface area contributed by atoms with Crippen LogP contribution < -0.4 is 4.90 Å². The Kier molecular flexibility index (Phi) is 3.37. The van der Waals surface area contributed by atoms with E-state index in [2.05, 4.69) is 14.9 Å². The van der Waals surface area contributed by atoms with Gasteiger partial charge in [0.1, 0.15) is 5.82 Å². The monoisotopic (exact) mass is 179 g/mol. The third-order valence-corrected chi connectivity index (χ3v) is 1.85. The zero-order chi connectivity index (χ0) is 9.68. The van der Waals surface area contributed by atoms with Crippen LogP contribution in [-0.2, 0) is 0 Å². The molecular formula is C9H13N3O. The van der Waals surface area contributed by atoms with Crippen molar-refractivity contribution in [1.82, 2.24) is 9.97 Å². The highest BCUT2D eigenvalue weighted by Gasteiger charge is 2.03. The van der Waals surface area contributed by atoms with Crippen LogP contribution in [0.1, 0.15) is 24.5 Å². The lowest BCUT2D eigenvalue weighted by atomic mass is 10.4. The van der Waals surface area contributed by atoms with E-state index in [9.17, 15) is 4.79 Å². The zero-order valence-corrected chi connectivity index (χ0v) is 7.90. The Morgan fingerprint density at radius 2 is 2.15 bits per heavy atom. The van der Waals surface area contributed by atoms with Gasteiger partial charge in [0.05, 0.1) is 0 Å². The molecule has 1 rings (SSSR count). The lowest BCUT2D eigenvalue weighted by molar-refractivity contribution is 0.111. The van der Waals surface area contributed by atoms with Gasteiger partial charge in [-0.15, -0.1) is 0 Å². The minimum atomic E-state index is 0.240. The van der Waals surface area contributed by atoms with Gasteiger partial charge in [0.15, 0.2) is 12.1 Å². The average molecular weight is 179 g/mol. The highest BCUT2D eigenvalue weighted by molar-refractivity contribution is 5.69. The zero-order valence-electron chi connectivity index (χ0n) is 7.90. The van der Waals surface area contributed by atoms with Crippen LogP contribution in [0, 0.1) is 0 Å². The summed E-state index contributed by atoms with van der Waals surface area (Å²) in [7, 11) is 0. The van der Waals surface area contributed by atoms with Crippen molar-refractivity contribution in [2.75, 3.05) is 18.0 Å². The molecule has 0 spiro atoms. The summed E-state index contributed by atoms with van der Waals surface area (Å²) in [6, 6.07) is 1.81. The minimum Gasteiger partial charge on any atom is -0.357 e. The van der Waals surface area contributed by atoms with E-state index in [4.69, 9.17) is 0 Å². The van der Waals surface area contributed by atoms with Crippen LogP contribution in [0.15, 0.2) is 12.3 Å². The summed E-state index contributed by atoms with van der Waals surface area (Å²) in [6.07, 6.45) is 2.26. The van der Waals surface area contributed by atoms with Gasteiger partial charge in [-0.05, 0) is 19.9 Å². The second-order valence-electron chi connectivity index (χ2n) is 2.56. The van der Waals surface area contributed by atoms with Gasteiger partial charge in [-0.2, -0.15) is 0 Å². The van der Waals surface area contributed by atoms with Crippen LogP contribution >= 0.6 is 0 Å². The number of nitrogens with zero attached hydrogens (tertiary/aromatic N) is 3. The Morgan fingerprint density at radius 3 is 2.69 bits per heavy atom. The number of carbonyl (C=O) groups is 1. The lowest BCUT2D eigenvalue weighted by Gasteiger charge is -2.19. The Balaban J connectivity index is 2.92. The maximum atomic E-state index is 10.4.